The lowest BCUT2D eigenvalue weighted by Crippen LogP contribution is -2.75. The minimum Gasteiger partial charge on any atom is -0.394 e. The zero-order chi connectivity index (χ0) is 75.7. The normalized spacial score (nSPS) is 51.4. The number of aliphatic hydroxyl groups excluding tert-OH is 7. The molecule has 14 fully saturated rings. The van der Waals surface area contributed by atoms with Crippen molar-refractivity contribution in [1.82, 2.24) is 0 Å². The summed E-state index contributed by atoms with van der Waals surface area (Å²) in [5.41, 5.74) is -4.46. The average molecular weight is 1550 g/mol. The van der Waals surface area contributed by atoms with E-state index in [1.807, 2.05) is 6.92 Å². The fourth-order valence-corrected chi connectivity index (χ4v) is 20.1. The van der Waals surface area contributed by atoms with Crippen molar-refractivity contribution in [3.8, 4) is 0 Å². The van der Waals surface area contributed by atoms with E-state index in [1.54, 1.807) is 32.1 Å². The van der Waals surface area contributed by atoms with Crippen LogP contribution in [0.1, 0.15) is 138 Å². The Bertz CT molecular complexity index is 3410. The predicted octanol–water partition coefficient (Wildman–Crippen LogP) is 0.840. The first-order valence-corrected chi connectivity index (χ1v) is 40.2. The highest BCUT2D eigenvalue weighted by Gasteiger charge is 2.67. The molecule has 14 aliphatic rings. The summed E-state index contributed by atoms with van der Waals surface area (Å²) in [7, 11) is -9.70. The first-order valence-electron chi connectivity index (χ1n) is 37.4. The molecule has 0 aromatic heterocycles. The lowest BCUT2D eigenvalue weighted by molar-refractivity contribution is -0.387. The van der Waals surface area contributed by atoms with Gasteiger partial charge in [0.05, 0.1) is 141 Å². The Morgan fingerprint density at radius 3 is 1.74 bits per heavy atom. The van der Waals surface area contributed by atoms with E-state index in [-0.39, 0.29) is 50.2 Å². The van der Waals surface area contributed by atoms with Crippen LogP contribution in [0.4, 0.5) is 0 Å². The van der Waals surface area contributed by atoms with Crippen LogP contribution in [0.3, 0.4) is 0 Å². The van der Waals surface area contributed by atoms with Crippen molar-refractivity contribution in [3.05, 3.63) is 49.1 Å². The van der Waals surface area contributed by atoms with Crippen molar-refractivity contribution < 1.29 is 156 Å². The summed E-state index contributed by atoms with van der Waals surface area (Å²) in [5, 5.41) is 87.7. The predicted molar refractivity (Wildman–Crippen MR) is 360 cm³/mol. The summed E-state index contributed by atoms with van der Waals surface area (Å²) in [6.45, 7) is 21.8. The largest absolute Gasteiger partial charge is 0.397 e. The molecule has 0 spiro atoms. The molecule has 26 unspecified atom stereocenters. The maximum absolute atomic E-state index is 12.1. The van der Waals surface area contributed by atoms with Gasteiger partial charge in [-0.1, -0.05) is 43.9 Å². The first kappa shape index (κ1) is 80.3. The smallest absolute Gasteiger partial charge is 0.394 e. The van der Waals surface area contributed by atoms with Gasteiger partial charge in [-0.05, 0) is 97.5 Å². The van der Waals surface area contributed by atoms with Gasteiger partial charge in [0.1, 0.15) is 90.6 Å². The van der Waals surface area contributed by atoms with Crippen molar-refractivity contribution in [2.24, 2.45) is 5.92 Å². The molecule has 0 saturated carbocycles. The summed E-state index contributed by atoms with van der Waals surface area (Å²) < 4.78 is 189. The molecule has 33 nitrogen and oxygen atoms in total. The number of aliphatic hydroxyl groups is 8. The van der Waals surface area contributed by atoms with Crippen LogP contribution in [-0.2, 0) is 110 Å². The van der Waals surface area contributed by atoms with Gasteiger partial charge < -0.3 is 121 Å². The van der Waals surface area contributed by atoms with Gasteiger partial charge in [0.25, 0.3) is 0 Å². The number of hydrogen-bond acceptors (Lipinski definition) is 31. The monoisotopic (exact) mass is 1550 g/mol. The molecule has 38 atom stereocenters. The molecule has 14 rings (SSSR count). The SMILES string of the molecule is C=CCC(=C)/C=C/[C@@](C)(O)C1OC2CC3OC4CC5OC6CC7OC8CC9OC%10CC%11O[C@](C)(CCCOS(=O)(=O)O)C(OS(=O)(=O)O)CC%11OC%10CC9OC8CC[C@@]7(C)O[C@@]6(C)CC[C@H](C)C5OC4C(O[C@H]4O[C@@H](CO[C@H]5O[C@@H](CO[C@H]6O[C@@H](CO)C(O)C6O)C(O)C5O)C(O)C4O)[C@@]3(C)OC2CC1=C. The van der Waals surface area contributed by atoms with Gasteiger partial charge in [-0.3, -0.25) is 9.11 Å². The number of ether oxygens (including phenoxy) is 17. The van der Waals surface area contributed by atoms with Crippen LogP contribution in [0, 0.1) is 5.92 Å². The first-order chi connectivity index (χ1) is 49.9. The minimum atomic E-state index is -4.96. The summed E-state index contributed by atoms with van der Waals surface area (Å²) in [6, 6.07) is 0. The Morgan fingerprint density at radius 1 is 0.594 bits per heavy atom. The van der Waals surface area contributed by atoms with Crippen molar-refractivity contribution in [1.29, 1.82) is 0 Å². The van der Waals surface area contributed by atoms with Crippen LogP contribution in [0.25, 0.3) is 0 Å². The molecule has 106 heavy (non-hydrogen) atoms. The lowest BCUT2D eigenvalue weighted by Gasteiger charge is -2.61. The highest BCUT2D eigenvalue weighted by molar-refractivity contribution is 7.81. The van der Waals surface area contributed by atoms with Gasteiger partial charge in [0, 0.05) is 44.9 Å². The second kappa shape index (κ2) is 30.8. The average Bonchev–Trinajstić information content (AvgIpc) is 0.812. The van der Waals surface area contributed by atoms with Gasteiger partial charge in [-0.15, -0.1) is 6.58 Å². The highest BCUT2D eigenvalue weighted by atomic mass is 32.3. The standard InChI is InChI=1S/C71H108O33S2/c1-10-12-32(2)13-17-67(5,79)62-34(4)21-43-42(95-62)27-53-71(9,102-43)63(100-66-59(78)56(75)49(98-66)31-87-65-58(77)55(74)48(97-65)30-86-64-57(76)54(73)47(29-72)96-64)61-46(94-53)25-45-60(99-61)33(3)14-18-69(7)51(93-45)28-50-70(8,104-69)19-15-35-36(92-50)22-38-37(89-35)23-39-40(90-38)24-44-41(91-39)26-52(103-106(83,84)85)68(6,101-44)16-11-20-88-105(80,81)82/h10,13,17,33,35-66,72-79H,1-2,4,11-12,14-16,18-31H2,3,5-9H3,(H,80,81,82)(H,83,84,85)/b17-13+/t33-,35?,36?,37?,38?,39?,40?,41?,42?,43?,44?,45?,46?,47-,48-,49-,50?,51?,52?,53?,54?,55?,56?,57?,58?,59?,60?,61?,62?,63?,64-,65-,66+,67+,68+,69-,70+,71-/m0/s1. The van der Waals surface area contributed by atoms with E-state index in [4.69, 9.17) is 89.3 Å². The van der Waals surface area contributed by atoms with Gasteiger partial charge in [-0.25, -0.2) is 8.37 Å². The van der Waals surface area contributed by atoms with E-state index in [0.29, 0.717) is 69.8 Å². The molecule has 0 radical (unpaired) electrons. The van der Waals surface area contributed by atoms with E-state index in [2.05, 4.69) is 44.7 Å². The zero-order valence-electron chi connectivity index (χ0n) is 60.5. The molecule has 10 N–H and O–H groups in total. The van der Waals surface area contributed by atoms with E-state index in [1.165, 1.54) is 0 Å². The molecule has 602 valence electrons. The third-order valence-corrected chi connectivity index (χ3v) is 26.0. The molecular formula is C71H108O33S2. The van der Waals surface area contributed by atoms with Crippen LogP contribution in [0.5, 0.6) is 0 Å². The third-order valence-electron chi connectivity index (χ3n) is 25.1. The Hall–Kier alpha value is -2.30. The maximum Gasteiger partial charge on any atom is 0.397 e. The molecule has 0 aromatic rings. The van der Waals surface area contributed by atoms with Crippen LogP contribution in [0.15, 0.2) is 49.1 Å². The Morgan fingerprint density at radius 2 is 1.12 bits per heavy atom. The van der Waals surface area contributed by atoms with Crippen molar-refractivity contribution in [2.75, 3.05) is 26.4 Å². The summed E-state index contributed by atoms with van der Waals surface area (Å²) in [4.78, 5) is 0. The maximum atomic E-state index is 12.1. The second-order valence-corrected chi connectivity index (χ2v) is 35.0. The summed E-state index contributed by atoms with van der Waals surface area (Å²) >= 11 is 0. The summed E-state index contributed by atoms with van der Waals surface area (Å²) in [6.07, 6.45) is -19.1. The molecule has 0 amide bonds. The van der Waals surface area contributed by atoms with Gasteiger partial charge in [0.15, 0.2) is 18.9 Å². The highest BCUT2D eigenvalue weighted by Crippen LogP contribution is 2.55. The van der Waals surface area contributed by atoms with E-state index in [0.717, 1.165) is 5.57 Å². The van der Waals surface area contributed by atoms with Gasteiger partial charge in [0.2, 0.25) is 0 Å². The summed E-state index contributed by atoms with van der Waals surface area (Å²) in [5.74, 6) is -0.128. The lowest BCUT2D eigenvalue weighted by atomic mass is 9.72. The molecule has 14 aliphatic heterocycles. The topological polar surface area (TPSA) is 446 Å². The van der Waals surface area contributed by atoms with Crippen LogP contribution >= 0.6 is 0 Å². The second-order valence-electron chi connectivity index (χ2n) is 32.9. The molecule has 0 aliphatic carbocycles. The Kier molecular flexibility index (Phi) is 23.3. The van der Waals surface area contributed by atoms with Crippen molar-refractivity contribution in [3.63, 3.8) is 0 Å². The molecule has 0 aromatic carbocycles. The molecular weight excluding hydrogens is 1440 g/mol. The van der Waals surface area contributed by atoms with E-state index in [9.17, 15) is 62.2 Å². The molecule has 14 saturated heterocycles. The zero-order valence-corrected chi connectivity index (χ0v) is 62.2. The quantitative estimate of drug-likeness (QED) is 0.0329. The number of fused-ring (bicyclic) bond motifs is 10. The molecule has 14 heterocycles. The molecule has 0 bridgehead atoms. The fourth-order valence-electron chi connectivity index (χ4n) is 19.2. The van der Waals surface area contributed by atoms with Crippen LogP contribution in [0.2, 0.25) is 0 Å². The number of rotatable bonds is 21. The van der Waals surface area contributed by atoms with E-state index < -0.39 is 259 Å². The van der Waals surface area contributed by atoms with Crippen LogP contribution in [-0.4, -0.2) is 317 Å². The Balaban J connectivity index is 0.664. The van der Waals surface area contributed by atoms with Gasteiger partial charge >= 0.3 is 20.8 Å². The van der Waals surface area contributed by atoms with E-state index >= 15 is 0 Å². The Labute approximate surface area is 617 Å². The van der Waals surface area contributed by atoms with Crippen molar-refractivity contribution >= 4 is 20.8 Å². The molecule has 35 heteroatoms. The fraction of sp³-hybridized carbons (Fsp3) is 0.887. The van der Waals surface area contributed by atoms with Crippen LogP contribution < -0.4 is 0 Å². The number of allylic oxidation sites excluding steroid dienone is 3. The minimum absolute atomic E-state index is 0.0210. The van der Waals surface area contributed by atoms with Crippen molar-refractivity contribution in [2.45, 2.75) is 362 Å². The number of hydrogen-bond donors (Lipinski definition) is 10. The van der Waals surface area contributed by atoms with Gasteiger partial charge in [-0.2, -0.15) is 16.8 Å². The third kappa shape index (κ3) is 16.1.